The third-order valence-corrected chi connectivity index (χ3v) is 9.40. The van der Waals surface area contributed by atoms with Crippen LogP contribution in [0, 0.1) is 5.92 Å². The molecule has 1 aromatic rings. The molecule has 2 unspecified atom stereocenters. The van der Waals surface area contributed by atoms with Gasteiger partial charge in [0.1, 0.15) is 18.2 Å². The van der Waals surface area contributed by atoms with Gasteiger partial charge in [-0.2, -0.15) is 0 Å². The fraction of sp³-hybridized carbons (Fsp3) is 0.630. The topological polar surface area (TPSA) is 104 Å². The van der Waals surface area contributed by atoms with Gasteiger partial charge in [-0.15, -0.1) is 24.8 Å². The lowest BCUT2D eigenvalue weighted by atomic mass is 9.53. The molecule has 0 aromatic heterocycles. The van der Waals surface area contributed by atoms with Crippen molar-refractivity contribution in [3.63, 3.8) is 0 Å². The second kappa shape index (κ2) is 10.7. The summed E-state index contributed by atoms with van der Waals surface area (Å²) in [5, 5.41) is 12.8. The maximum atomic E-state index is 13.4. The molecule has 0 saturated carbocycles. The molecule has 10 nitrogen and oxygen atoms in total. The number of carbonyl (C=O) groups excluding carboxylic acids is 2. The van der Waals surface area contributed by atoms with Crippen molar-refractivity contribution in [3.05, 3.63) is 35.4 Å². The maximum Gasteiger partial charge on any atom is 0.416 e. The van der Waals surface area contributed by atoms with E-state index >= 15 is 0 Å². The molecular weight excluding hydrogens is 547 g/mol. The normalized spacial score (nSPS) is 34.3. The van der Waals surface area contributed by atoms with Crippen molar-refractivity contribution < 1.29 is 28.9 Å². The van der Waals surface area contributed by atoms with Crippen LogP contribution in [0.4, 0.5) is 4.79 Å². The predicted molar refractivity (Wildman–Crippen MR) is 147 cm³/mol. The molecule has 4 aliphatic heterocycles. The number of morpholine rings is 1. The molecular formula is C27H36Cl2N4O6. The number of carbonyl (C=O) groups is 2. The van der Waals surface area contributed by atoms with Crippen LogP contribution < -0.4 is 14.9 Å². The standard InChI is InChI=1S/C27H34N4O6.2ClH/c1-29-10-8-27-17-5-6-20(32)24(27)37-23-21(7-4-16(22(23)27)15-19(17)29)36-26(34)31-9-2-3-18(31)25(33)28-30-11-13-35-14-12-30;;/h4-7,17-20,24,32H,2-3,8-15H2,1H3,(H,28,33);2*1H/t17?,18-,19?,20-,24-,27-;;/m0../s1. The molecule has 2 aliphatic carbocycles. The second-order valence-corrected chi connectivity index (χ2v) is 11.2. The van der Waals surface area contributed by atoms with Gasteiger partial charge < -0.3 is 24.2 Å². The summed E-state index contributed by atoms with van der Waals surface area (Å²) in [5.74, 6) is 1.00. The first-order chi connectivity index (χ1) is 18.0. The Morgan fingerprint density at radius 1 is 1.13 bits per heavy atom. The highest BCUT2D eigenvalue weighted by molar-refractivity contribution is 5.86. The zero-order valence-electron chi connectivity index (χ0n) is 21.9. The van der Waals surface area contributed by atoms with Gasteiger partial charge in [0.25, 0.3) is 5.91 Å². The van der Waals surface area contributed by atoms with Crippen molar-refractivity contribution in [1.82, 2.24) is 20.2 Å². The smallest absolute Gasteiger partial charge is 0.416 e. The van der Waals surface area contributed by atoms with E-state index in [1.54, 1.807) is 0 Å². The third-order valence-electron chi connectivity index (χ3n) is 9.40. The number of amides is 2. The van der Waals surface area contributed by atoms with Crippen molar-refractivity contribution in [3.8, 4) is 11.5 Å². The molecule has 2 N–H and O–H groups in total. The van der Waals surface area contributed by atoms with E-state index in [9.17, 15) is 14.7 Å². The minimum absolute atomic E-state index is 0. The minimum Gasteiger partial charge on any atom is -0.482 e. The minimum atomic E-state index is -0.714. The van der Waals surface area contributed by atoms with Gasteiger partial charge in [-0.1, -0.05) is 18.2 Å². The van der Waals surface area contributed by atoms with Gasteiger partial charge in [-0.3, -0.25) is 15.1 Å². The molecule has 3 saturated heterocycles. The molecule has 1 spiro atoms. The number of likely N-dealkylation sites (N-methyl/N-ethyl adjacent to an activating group) is 1. The Kier molecular flexibility index (Phi) is 7.82. The van der Waals surface area contributed by atoms with Gasteiger partial charge in [0.05, 0.1) is 13.2 Å². The molecule has 2 bridgehead atoms. The predicted octanol–water partition coefficient (Wildman–Crippen LogP) is 1.66. The average Bonchev–Trinajstić information content (AvgIpc) is 3.53. The Morgan fingerprint density at radius 2 is 1.92 bits per heavy atom. The molecule has 2 amide bonds. The van der Waals surface area contributed by atoms with E-state index < -0.39 is 24.3 Å². The molecule has 6 atom stereocenters. The van der Waals surface area contributed by atoms with Gasteiger partial charge in [-0.05, 0) is 50.9 Å². The number of benzene rings is 1. The summed E-state index contributed by atoms with van der Waals surface area (Å²) >= 11 is 0. The first kappa shape index (κ1) is 28.4. The van der Waals surface area contributed by atoms with Crippen LogP contribution in [0.2, 0.25) is 0 Å². The SMILES string of the molecule is CN1CC[C@]23c4c5ccc(OC(=O)N6CCC[C@H]6C(=O)NN6CCOCC6)c4O[C@H]2[C@@H](O)C=CC3C1C5.Cl.Cl. The first-order valence-electron chi connectivity index (χ1n) is 13.5. The fourth-order valence-corrected chi connectivity index (χ4v) is 7.62. The van der Waals surface area contributed by atoms with Crippen LogP contribution in [0.3, 0.4) is 0 Å². The number of piperidine rings is 1. The molecule has 0 radical (unpaired) electrons. The summed E-state index contributed by atoms with van der Waals surface area (Å²) in [6.45, 7) is 3.79. The number of nitrogens with zero attached hydrogens (tertiary/aromatic N) is 3. The van der Waals surface area contributed by atoms with Gasteiger partial charge in [0.15, 0.2) is 11.5 Å². The van der Waals surface area contributed by atoms with Crippen LogP contribution in [-0.4, -0.2) is 103 Å². The van der Waals surface area contributed by atoms with E-state index in [1.807, 2.05) is 17.2 Å². The number of aliphatic hydroxyl groups excluding tert-OH is 1. The van der Waals surface area contributed by atoms with Crippen molar-refractivity contribution in [2.45, 2.75) is 55.4 Å². The van der Waals surface area contributed by atoms with Crippen molar-refractivity contribution in [2.75, 3.05) is 46.4 Å². The molecule has 214 valence electrons. The highest BCUT2D eigenvalue weighted by Gasteiger charge is 2.64. The average molecular weight is 584 g/mol. The summed E-state index contributed by atoms with van der Waals surface area (Å²) in [7, 11) is 2.17. The molecule has 1 aromatic carbocycles. The fourth-order valence-electron chi connectivity index (χ4n) is 7.62. The summed E-state index contributed by atoms with van der Waals surface area (Å²) in [6.07, 6.45) is 5.49. The molecule has 39 heavy (non-hydrogen) atoms. The van der Waals surface area contributed by atoms with Crippen LogP contribution in [0.15, 0.2) is 24.3 Å². The van der Waals surface area contributed by atoms with Crippen LogP contribution in [0.25, 0.3) is 0 Å². The van der Waals surface area contributed by atoms with Crippen molar-refractivity contribution >= 4 is 36.8 Å². The van der Waals surface area contributed by atoms with E-state index in [-0.39, 0.29) is 42.1 Å². The zero-order valence-corrected chi connectivity index (χ0v) is 23.5. The Balaban J connectivity index is 0.00000154. The number of hydrogen-bond donors (Lipinski definition) is 2. The lowest BCUT2D eigenvalue weighted by Gasteiger charge is -2.56. The van der Waals surface area contributed by atoms with Crippen LogP contribution in [0.5, 0.6) is 11.5 Å². The Labute approximate surface area is 240 Å². The summed E-state index contributed by atoms with van der Waals surface area (Å²) in [6, 6.07) is 3.64. The number of hydrogen-bond acceptors (Lipinski definition) is 8. The van der Waals surface area contributed by atoms with E-state index in [2.05, 4.69) is 29.5 Å². The molecule has 4 heterocycles. The van der Waals surface area contributed by atoms with Crippen molar-refractivity contribution in [1.29, 1.82) is 0 Å². The Hall–Kier alpha value is -2.08. The highest BCUT2D eigenvalue weighted by atomic mass is 35.5. The summed E-state index contributed by atoms with van der Waals surface area (Å²) in [4.78, 5) is 30.3. The first-order valence-corrected chi connectivity index (χ1v) is 13.5. The summed E-state index contributed by atoms with van der Waals surface area (Å²) in [5.41, 5.74) is 4.93. The highest BCUT2D eigenvalue weighted by Crippen LogP contribution is 2.62. The molecule has 3 fully saturated rings. The number of ether oxygens (including phenoxy) is 3. The van der Waals surface area contributed by atoms with Crippen LogP contribution >= 0.6 is 24.8 Å². The van der Waals surface area contributed by atoms with E-state index in [0.717, 1.165) is 31.4 Å². The molecule has 7 rings (SSSR count). The van der Waals surface area contributed by atoms with Gasteiger partial charge in [0.2, 0.25) is 0 Å². The van der Waals surface area contributed by atoms with Gasteiger partial charge in [-0.25, -0.2) is 9.80 Å². The number of nitrogens with one attached hydrogen (secondary N) is 1. The number of aliphatic hydroxyl groups is 1. The van der Waals surface area contributed by atoms with Crippen LogP contribution in [0.1, 0.15) is 30.4 Å². The van der Waals surface area contributed by atoms with Crippen LogP contribution in [-0.2, 0) is 21.4 Å². The summed E-state index contributed by atoms with van der Waals surface area (Å²) < 4.78 is 17.8. The second-order valence-electron chi connectivity index (χ2n) is 11.2. The van der Waals surface area contributed by atoms with Crippen molar-refractivity contribution in [2.24, 2.45) is 5.92 Å². The Bertz CT molecular complexity index is 1160. The number of rotatable bonds is 3. The molecule has 6 aliphatic rings. The van der Waals surface area contributed by atoms with Gasteiger partial charge in [0, 0.05) is 42.6 Å². The quantitative estimate of drug-likeness (QED) is 0.519. The monoisotopic (exact) mass is 582 g/mol. The molecule has 12 heteroatoms. The number of halogens is 2. The largest absolute Gasteiger partial charge is 0.482 e. The van der Waals surface area contributed by atoms with Gasteiger partial charge >= 0.3 is 6.09 Å². The maximum absolute atomic E-state index is 13.4. The van der Waals surface area contributed by atoms with E-state index in [1.165, 1.54) is 10.5 Å². The van der Waals surface area contributed by atoms with E-state index in [0.29, 0.717) is 56.8 Å². The van der Waals surface area contributed by atoms with E-state index in [4.69, 9.17) is 14.2 Å². The lowest BCUT2D eigenvalue weighted by Crippen LogP contribution is -2.64. The lowest BCUT2D eigenvalue weighted by molar-refractivity contribution is -0.131. The zero-order chi connectivity index (χ0) is 25.3. The Morgan fingerprint density at radius 3 is 2.72 bits per heavy atom. The third kappa shape index (κ3) is 4.31. The number of hydrazine groups is 1. The number of likely N-dealkylation sites (tertiary alicyclic amines) is 2.